The molecule has 0 aliphatic heterocycles. The van der Waals surface area contributed by atoms with Crippen LogP contribution in [-0.4, -0.2) is 38.9 Å². The molecule has 0 radical (unpaired) electrons. The largest absolute Gasteiger partial charge is 0.497 e. The van der Waals surface area contributed by atoms with Crippen LogP contribution >= 0.6 is 11.6 Å². The third-order valence-corrected chi connectivity index (χ3v) is 4.59. The first-order valence-corrected chi connectivity index (χ1v) is 10.2. The van der Waals surface area contributed by atoms with Gasteiger partial charge in [-0.2, -0.15) is 5.10 Å². The highest BCUT2D eigenvalue weighted by Crippen LogP contribution is 2.22. The minimum atomic E-state index is -0.408. The number of carbonyl (C=O) groups is 2. The minimum absolute atomic E-state index is 0.153. The van der Waals surface area contributed by atoms with Crippen LogP contribution in [0.25, 0.3) is 0 Å². The van der Waals surface area contributed by atoms with E-state index in [4.69, 9.17) is 25.8 Å². The van der Waals surface area contributed by atoms with Crippen molar-refractivity contribution in [3.8, 4) is 17.2 Å². The lowest BCUT2D eigenvalue weighted by Crippen LogP contribution is -2.20. The Morgan fingerprint density at radius 3 is 2.27 bits per heavy atom. The van der Waals surface area contributed by atoms with Gasteiger partial charge >= 0.3 is 0 Å². The van der Waals surface area contributed by atoms with E-state index in [1.807, 2.05) is 0 Å². The molecule has 0 heterocycles. The van der Waals surface area contributed by atoms with Crippen LogP contribution in [0.5, 0.6) is 17.2 Å². The van der Waals surface area contributed by atoms with Crippen LogP contribution < -0.4 is 25.0 Å². The van der Waals surface area contributed by atoms with Crippen LogP contribution in [0.4, 0.5) is 5.69 Å². The predicted octanol–water partition coefficient (Wildman–Crippen LogP) is 4.14. The lowest BCUT2D eigenvalue weighted by molar-refractivity contribution is -0.118. The topological polar surface area (TPSA) is 98.2 Å². The Hall–Kier alpha value is -4.04. The van der Waals surface area contributed by atoms with Crippen LogP contribution in [0.2, 0.25) is 5.02 Å². The predicted molar refractivity (Wildman–Crippen MR) is 127 cm³/mol. The average Bonchev–Trinajstić information content (AvgIpc) is 2.83. The van der Waals surface area contributed by atoms with Crippen molar-refractivity contribution < 1.29 is 23.8 Å². The fourth-order valence-corrected chi connectivity index (χ4v) is 2.92. The Morgan fingerprint density at radius 2 is 1.64 bits per heavy atom. The Bertz CT molecular complexity index is 1130. The zero-order chi connectivity index (χ0) is 23.6. The summed E-state index contributed by atoms with van der Waals surface area (Å²) in [7, 11) is 3.02. The number of nitrogens with zero attached hydrogens (tertiary/aromatic N) is 1. The molecule has 3 aromatic rings. The van der Waals surface area contributed by atoms with Gasteiger partial charge in [0.25, 0.3) is 11.8 Å². The lowest BCUT2D eigenvalue weighted by Gasteiger charge is -2.08. The molecule has 0 spiro atoms. The van der Waals surface area contributed by atoms with Crippen LogP contribution in [0, 0.1) is 0 Å². The van der Waals surface area contributed by atoms with Crippen molar-refractivity contribution in [2.75, 3.05) is 26.1 Å². The number of halogens is 1. The standard InChI is InChI=1S/C24H22ClN3O5/c1-31-21-10-17(11-22(13-21)32-2)24(30)28-26-14-16-6-8-20(9-7-16)33-15-23(29)27-19-5-3-4-18(25)12-19/h3-14H,15H2,1-2H3,(H,27,29)(H,28,30)/b26-14+. The Morgan fingerprint density at radius 1 is 0.939 bits per heavy atom. The molecule has 0 atom stereocenters. The Labute approximate surface area is 196 Å². The smallest absolute Gasteiger partial charge is 0.271 e. The van der Waals surface area contributed by atoms with Gasteiger partial charge in [0.2, 0.25) is 0 Å². The molecule has 0 bridgehead atoms. The maximum Gasteiger partial charge on any atom is 0.271 e. The highest BCUT2D eigenvalue weighted by Gasteiger charge is 2.09. The van der Waals surface area contributed by atoms with E-state index in [9.17, 15) is 9.59 Å². The number of rotatable bonds is 9. The lowest BCUT2D eigenvalue weighted by atomic mass is 10.2. The monoisotopic (exact) mass is 467 g/mol. The van der Waals surface area contributed by atoms with E-state index in [1.165, 1.54) is 20.4 Å². The fraction of sp³-hybridized carbons (Fsp3) is 0.125. The summed E-state index contributed by atoms with van der Waals surface area (Å²) in [6.07, 6.45) is 1.49. The molecule has 0 aliphatic carbocycles. The molecule has 2 N–H and O–H groups in total. The SMILES string of the molecule is COc1cc(OC)cc(C(=O)N/N=C/c2ccc(OCC(=O)Nc3cccc(Cl)c3)cc2)c1. The molecule has 0 fully saturated rings. The van der Waals surface area contributed by atoms with Crippen molar-refractivity contribution in [1.29, 1.82) is 0 Å². The van der Waals surface area contributed by atoms with Crippen LogP contribution in [0.3, 0.4) is 0 Å². The van der Waals surface area contributed by atoms with Gasteiger partial charge in [-0.05, 0) is 60.2 Å². The van der Waals surface area contributed by atoms with Crippen molar-refractivity contribution in [2.45, 2.75) is 0 Å². The maximum absolute atomic E-state index is 12.3. The summed E-state index contributed by atoms with van der Waals surface area (Å²) in [5, 5.41) is 7.20. The maximum atomic E-state index is 12.3. The number of carbonyl (C=O) groups excluding carboxylic acids is 2. The van der Waals surface area contributed by atoms with Crippen LogP contribution in [0.1, 0.15) is 15.9 Å². The number of benzene rings is 3. The number of ether oxygens (including phenoxy) is 3. The molecule has 3 rings (SSSR count). The molecule has 33 heavy (non-hydrogen) atoms. The second kappa shape index (κ2) is 11.5. The van der Waals surface area contributed by atoms with Crippen molar-refractivity contribution >= 4 is 35.3 Å². The normalized spacial score (nSPS) is 10.5. The van der Waals surface area contributed by atoms with Crippen LogP contribution in [0.15, 0.2) is 71.8 Å². The van der Waals surface area contributed by atoms with E-state index in [2.05, 4.69) is 15.8 Å². The molecule has 0 saturated carbocycles. The third kappa shape index (κ3) is 7.26. The number of anilines is 1. The molecule has 0 saturated heterocycles. The number of amides is 2. The molecule has 0 aromatic heterocycles. The summed E-state index contributed by atoms with van der Waals surface area (Å²) in [6.45, 7) is -0.153. The minimum Gasteiger partial charge on any atom is -0.497 e. The fourth-order valence-electron chi connectivity index (χ4n) is 2.73. The van der Waals surface area contributed by atoms with Gasteiger partial charge in [0.15, 0.2) is 6.61 Å². The highest BCUT2D eigenvalue weighted by molar-refractivity contribution is 6.30. The van der Waals surface area contributed by atoms with E-state index < -0.39 is 5.91 Å². The first kappa shape index (κ1) is 23.6. The van der Waals surface area contributed by atoms with Gasteiger partial charge in [-0.15, -0.1) is 0 Å². The summed E-state index contributed by atoms with van der Waals surface area (Å²) in [4.78, 5) is 24.3. The van der Waals surface area contributed by atoms with Gasteiger partial charge in [0.05, 0.1) is 20.4 Å². The number of methoxy groups -OCH3 is 2. The molecule has 2 amide bonds. The third-order valence-electron chi connectivity index (χ3n) is 4.35. The van der Waals surface area contributed by atoms with Gasteiger partial charge in [-0.25, -0.2) is 5.43 Å². The summed E-state index contributed by atoms with van der Waals surface area (Å²) in [5.74, 6) is 0.801. The van der Waals surface area contributed by atoms with Crippen LogP contribution in [-0.2, 0) is 4.79 Å². The zero-order valence-electron chi connectivity index (χ0n) is 18.0. The summed E-state index contributed by atoms with van der Waals surface area (Å²) >= 11 is 5.90. The summed E-state index contributed by atoms with van der Waals surface area (Å²) < 4.78 is 15.8. The average molecular weight is 468 g/mol. The molecular formula is C24H22ClN3O5. The quantitative estimate of drug-likeness (QED) is 0.364. The molecule has 9 heteroatoms. The zero-order valence-corrected chi connectivity index (χ0v) is 18.8. The molecule has 3 aromatic carbocycles. The molecule has 170 valence electrons. The van der Waals surface area contributed by atoms with E-state index in [-0.39, 0.29) is 12.5 Å². The van der Waals surface area contributed by atoms with E-state index in [1.54, 1.807) is 66.7 Å². The first-order chi connectivity index (χ1) is 16.0. The van der Waals surface area contributed by atoms with Crippen molar-refractivity contribution in [3.05, 3.63) is 82.9 Å². The van der Waals surface area contributed by atoms with Gasteiger partial charge in [0, 0.05) is 22.3 Å². The van der Waals surface area contributed by atoms with E-state index in [0.29, 0.717) is 33.5 Å². The van der Waals surface area contributed by atoms with Gasteiger partial charge < -0.3 is 19.5 Å². The highest BCUT2D eigenvalue weighted by atomic mass is 35.5. The Balaban J connectivity index is 1.50. The van der Waals surface area contributed by atoms with Crippen molar-refractivity contribution in [3.63, 3.8) is 0 Å². The number of hydrogen-bond acceptors (Lipinski definition) is 6. The summed E-state index contributed by atoms with van der Waals surface area (Å²) in [5.41, 5.74) is 4.13. The van der Waals surface area contributed by atoms with Crippen molar-refractivity contribution in [1.82, 2.24) is 5.43 Å². The summed E-state index contributed by atoms with van der Waals surface area (Å²) in [6, 6.07) is 18.6. The second-order valence-electron chi connectivity index (χ2n) is 6.72. The van der Waals surface area contributed by atoms with E-state index in [0.717, 1.165) is 5.56 Å². The number of hydrogen-bond donors (Lipinski definition) is 2. The second-order valence-corrected chi connectivity index (χ2v) is 7.15. The van der Waals surface area contributed by atoms with E-state index >= 15 is 0 Å². The van der Waals surface area contributed by atoms with Gasteiger partial charge in [0.1, 0.15) is 17.2 Å². The molecule has 8 nitrogen and oxygen atoms in total. The van der Waals surface area contributed by atoms with Gasteiger partial charge in [-0.3, -0.25) is 9.59 Å². The van der Waals surface area contributed by atoms with Crippen molar-refractivity contribution in [2.24, 2.45) is 5.10 Å². The molecule has 0 unspecified atom stereocenters. The number of hydrazone groups is 1. The first-order valence-electron chi connectivity index (χ1n) is 9.81. The molecular weight excluding hydrogens is 446 g/mol. The number of nitrogens with one attached hydrogen (secondary N) is 2. The Kier molecular flexibility index (Phi) is 8.26. The molecule has 0 aliphatic rings. The van der Waals surface area contributed by atoms with Gasteiger partial charge in [-0.1, -0.05) is 17.7 Å².